The van der Waals surface area contributed by atoms with Crippen LogP contribution in [0.25, 0.3) is 11.3 Å². The van der Waals surface area contributed by atoms with Crippen LogP contribution in [0, 0.1) is 6.92 Å². The summed E-state index contributed by atoms with van der Waals surface area (Å²) in [7, 11) is 0. The molecule has 198 valence electrons. The van der Waals surface area contributed by atoms with Crippen molar-refractivity contribution in [2.45, 2.75) is 44.5 Å². The van der Waals surface area contributed by atoms with Gasteiger partial charge in [-0.1, -0.05) is 0 Å². The van der Waals surface area contributed by atoms with Crippen molar-refractivity contribution < 1.29 is 36.2 Å². The number of alkyl halides is 5. The summed E-state index contributed by atoms with van der Waals surface area (Å²) in [6, 6.07) is 3.20. The molecule has 0 aromatic carbocycles. The first kappa shape index (κ1) is 26.5. The van der Waals surface area contributed by atoms with Gasteiger partial charge in [-0.2, -0.15) is 18.3 Å². The van der Waals surface area contributed by atoms with Crippen LogP contribution in [0.3, 0.4) is 0 Å². The lowest BCUT2D eigenvalue weighted by molar-refractivity contribution is -0.142. The molecule has 1 aliphatic heterocycles. The molecule has 1 N–H and O–H groups in total. The Morgan fingerprint density at radius 2 is 1.97 bits per heavy atom. The van der Waals surface area contributed by atoms with Gasteiger partial charge in [0.25, 0.3) is 6.43 Å². The van der Waals surface area contributed by atoms with Crippen LogP contribution in [-0.2, 0) is 16.8 Å². The standard InChI is InChI=1S/C24H24F5N5O3/c1-15-6-20(16-7-18(10-30-8-16)37-13-21(25)26)32-22(19(15)12-35)23(2-4-36-5-3-23)33-17-9-31-34(11-17)14-24(27,28)29/h6-12,21,33H,2-5,13-14H2,1H3. The van der Waals surface area contributed by atoms with E-state index < -0.39 is 31.3 Å². The summed E-state index contributed by atoms with van der Waals surface area (Å²) in [4.78, 5) is 21.0. The summed E-state index contributed by atoms with van der Waals surface area (Å²) >= 11 is 0. The van der Waals surface area contributed by atoms with E-state index in [1.165, 1.54) is 30.9 Å². The Labute approximate surface area is 208 Å². The monoisotopic (exact) mass is 525 g/mol. The first-order valence-corrected chi connectivity index (χ1v) is 11.4. The second kappa shape index (κ2) is 10.8. The van der Waals surface area contributed by atoms with Gasteiger partial charge < -0.3 is 14.8 Å². The van der Waals surface area contributed by atoms with Gasteiger partial charge in [-0.25, -0.2) is 13.8 Å². The molecule has 0 spiro atoms. The van der Waals surface area contributed by atoms with E-state index in [1.807, 2.05) is 0 Å². The van der Waals surface area contributed by atoms with Gasteiger partial charge >= 0.3 is 6.18 Å². The van der Waals surface area contributed by atoms with Gasteiger partial charge in [0, 0.05) is 36.7 Å². The summed E-state index contributed by atoms with van der Waals surface area (Å²) in [6.45, 7) is 0.352. The van der Waals surface area contributed by atoms with Crippen molar-refractivity contribution in [2.75, 3.05) is 25.1 Å². The van der Waals surface area contributed by atoms with Crippen LogP contribution >= 0.6 is 0 Å². The maximum atomic E-state index is 12.8. The third-order valence-corrected chi connectivity index (χ3v) is 5.93. The highest BCUT2D eigenvalue weighted by Gasteiger charge is 2.39. The minimum absolute atomic E-state index is 0.134. The molecule has 4 rings (SSSR count). The summed E-state index contributed by atoms with van der Waals surface area (Å²) in [5.74, 6) is 0.134. The molecule has 1 fully saturated rings. The van der Waals surface area contributed by atoms with Crippen molar-refractivity contribution in [1.29, 1.82) is 0 Å². The Bertz CT molecular complexity index is 1240. The number of carbonyl (C=O) groups is 1. The highest BCUT2D eigenvalue weighted by molar-refractivity contribution is 5.81. The van der Waals surface area contributed by atoms with E-state index in [9.17, 15) is 26.7 Å². The smallest absolute Gasteiger partial charge is 0.408 e. The lowest BCUT2D eigenvalue weighted by Gasteiger charge is -2.39. The average molecular weight is 525 g/mol. The van der Waals surface area contributed by atoms with Crippen LogP contribution in [0.1, 0.15) is 34.5 Å². The van der Waals surface area contributed by atoms with Gasteiger partial charge in [-0.15, -0.1) is 0 Å². The van der Waals surface area contributed by atoms with Gasteiger partial charge in [0.2, 0.25) is 0 Å². The van der Waals surface area contributed by atoms with Crippen molar-refractivity contribution >= 4 is 12.0 Å². The van der Waals surface area contributed by atoms with Crippen LogP contribution in [0.5, 0.6) is 5.75 Å². The number of anilines is 1. The molecule has 13 heteroatoms. The topological polar surface area (TPSA) is 91.2 Å². The molecule has 3 aromatic heterocycles. The zero-order valence-corrected chi connectivity index (χ0v) is 19.8. The zero-order chi connectivity index (χ0) is 26.6. The molecule has 0 unspecified atom stereocenters. The van der Waals surface area contributed by atoms with Crippen LogP contribution in [0.2, 0.25) is 0 Å². The molecule has 1 saturated heterocycles. The molecule has 3 aromatic rings. The lowest BCUT2D eigenvalue weighted by Crippen LogP contribution is -2.42. The largest absolute Gasteiger partial charge is 0.486 e. The third-order valence-electron chi connectivity index (χ3n) is 5.93. The Balaban J connectivity index is 1.74. The summed E-state index contributed by atoms with van der Waals surface area (Å²) in [5.41, 5.74) is 1.62. The number of aldehydes is 1. The number of carbonyl (C=O) groups excluding carboxylic acids is 1. The zero-order valence-electron chi connectivity index (χ0n) is 19.8. The quantitative estimate of drug-likeness (QED) is 0.318. The number of hydrogen-bond acceptors (Lipinski definition) is 7. The predicted octanol–water partition coefficient (Wildman–Crippen LogP) is 4.79. The first-order valence-electron chi connectivity index (χ1n) is 11.4. The van der Waals surface area contributed by atoms with E-state index >= 15 is 0 Å². The number of rotatable bonds is 9. The molecule has 0 amide bonds. The van der Waals surface area contributed by atoms with E-state index in [-0.39, 0.29) is 5.75 Å². The third kappa shape index (κ3) is 6.40. The fraction of sp³-hybridized carbons (Fsp3) is 0.417. The summed E-state index contributed by atoms with van der Waals surface area (Å²) in [6.07, 6.45) is -0.307. The van der Waals surface area contributed by atoms with Gasteiger partial charge in [0.1, 0.15) is 18.9 Å². The molecule has 1 aliphatic rings. The van der Waals surface area contributed by atoms with Crippen molar-refractivity contribution in [1.82, 2.24) is 19.7 Å². The van der Waals surface area contributed by atoms with Crippen molar-refractivity contribution in [3.8, 4) is 17.0 Å². The number of nitrogens with zero attached hydrogens (tertiary/aromatic N) is 4. The Morgan fingerprint density at radius 3 is 2.65 bits per heavy atom. The fourth-order valence-corrected chi connectivity index (χ4v) is 4.26. The van der Waals surface area contributed by atoms with E-state index in [0.717, 1.165) is 4.68 Å². The van der Waals surface area contributed by atoms with Crippen LogP contribution in [0.4, 0.5) is 27.6 Å². The first-order chi connectivity index (χ1) is 17.6. The summed E-state index contributed by atoms with van der Waals surface area (Å²) in [5, 5.41) is 7.06. The Morgan fingerprint density at radius 1 is 1.22 bits per heavy atom. The molecule has 0 aliphatic carbocycles. The van der Waals surface area contributed by atoms with Crippen molar-refractivity contribution in [2.24, 2.45) is 0 Å². The molecule has 0 bridgehead atoms. The number of halogens is 5. The Kier molecular flexibility index (Phi) is 7.71. The maximum Gasteiger partial charge on any atom is 0.408 e. The van der Waals surface area contributed by atoms with E-state index in [0.29, 0.717) is 66.1 Å². The number of hydrogen-bond donors (Lipinski definition) is 1. The lowest BCUT2D eigenvalue weighted by atomic mass is 9.82. The van der Waals surface area contributed by atoms with E-state index in [4.69, 9.17) is 14.5 Å². The Hall–Kier alpha value is -3.61. The van der Waals surface area contributed by atoms with Crippen LogP contribution < -0.4 is 10.1 Å². The SMILES string of the molecule is Cc1cc(-c2cncc(OCC(F)F)c2)nc(C2(Nc3cnn(CC(F)(F)F)c3)CCOCC2)c1C=O. The molecule has 4 heterocycles. The highest BCUT2D eigenvalue weighted by Crippen LogP contribution is 2.38. The second-order valence-corrected chi connectivity index (χ2v) is 8.68. The minimum atomic E-state index is -4.43. The predicted molar refractivity (Wildman–Crippen MR) is 123 cm³/mol. The van der Waals surface area contributed by atoms with Gasteiger partial charge in [-0.05, 0) is 37.5 Å². The van der Waals surface area contributed by atoms with Crippen molar-refractivity contribution in [3.05, 3.63) is 53.7 Å². The average Bonchev–Trinajstić information content (AvgIpc) is 3.27. The highest BCUT2D eigenvalue weighted by atomic mass is 19.4. The number of aromatic nitrogens is 4. The number of ether oxygens (including phenoxy) is 2. The molecule has 0 saturated carbocycles. The van der Waals surface area contributed by atoms with E-state index in [1.54, 1.807) is 13.0 Å². The number of nitrogens with one attached hydrogen (secondary N) is 1. The molecule has 37 heavy (non-hydrogen) atoms. The number of aryl methyl sites for hydroxylation is 1. The number of pyridine rings is 2. The second-order valence-electron chi connectivity index (χ2n) is 8.68. The maximum absolute atomic E-state index is 12.8. The van der Waals surface area contributed by atoms with Crippen molar-refractivity contribution in [3.63, 3.8) is 0 Å². The molecule has 0 radical (unpaired) electrons. The molecular weight excluding hydrogens is 501 g/mol. The van der Waals surface area contributed by atoms with Crippen LogP contribution in [0.15, 0.2) is 36.9 Å². The van der Waals surface area contributed by atoms with Gasteiger partial charge in [0.15, 0.2) is 6.29 Å². The molecule has 8 nitrogen and oxygen atoms in total. The van der Waals surface area contributed by atoms with Gasteiger partial charge in [0.05, 0.1) is 35.0 Å². The van der Waals surface area contributed by atoms with Gasteiger partial charge in [-0.3, -0.25) is 14.5 Å². The minimum Gasteiger partial charge on any atom is -0.486 e. The fourth-order valence-electron chi connectivity index (χ4n) is 4.26. The molecule has 0 atom stereocenters. The van der Waals surface area contributed by atoms with Crippen LogP contribution in [-0.4, -0.2) is 58.5 Å². The molecular formula is C24H24F5N5O3. The normalized spacial score (nSPS) is 15.5. The van der Waals surface area contributed by atoms with E-state index in [2.05, 4.69) is 15.4 Å². The summed E-state index contributed by atoms with van der Waals surface area (Å²) < 4.78 is 75.0.